The van der Waals surface area contributed by atoms with Gasteiger partial charge < -0.3 is 15.3 Å². The third-order valence-electron chi connectivity index (χ3n) is 4.15. The van der Waals surface area contributed by atoms with Crippen molar-refractivity contribution >= 4 is 15.7 Å². The molecule has 0 saturated heterocycles. The molecule has 3 aromatic rings. The van der Waals surface area contributed by atoms with Crippen LogP contribution in [0.25, 0.3) is 0 Å². The van der Waals surface area contributed by atoms with Crippen LogP contribution in [0.4, 0.5) is 0 Å². The van der Waals surface area contributed by atoms with E-state index in [1.54, 1.807) is 42.5 Å². The van der Waals surface area contributed by atoms with Gasteiger partial charge in [0.05, 0.1) is 10.6 Å². The average Bonchev–Trinajstić information content (AvgIpc) is 2.70. The zero-order chi connectivity index (χ0) is 20.9. The van der Waals surface area contributed by atoms with Gasteiger partial charge in [-0.3, -0.25) is 4.79 Å². The van der Waals surface area contributed by atoms with E-state index >= 15 is 0 Å². The lowest BCUT2D eigenvalue weighted by Gasteiger charge is -2.11. The van der Waals surface area contributed by atoms with E-state index in [1.807, 2.05) is 6.92 Å². The molecule has 150 valence electrons. The summed E-state index contributed by atoms with van der Waals surface area (Å²) in [5.74, 6) is -0.641. The van der Waals surface area contributed by atoms with E-state index in [4.69, 9.17) is 4.74 Å². The summed E-state index contributed by atoms with van der Waals surface area (Å²) in [5.41, 5.74) is 0.970. The molecule has 1 amide bonds. The zero-order valence-electron chi connectivity index (χ0n) is 15.7. The summed E-state index contributed by atoms with van der Waals surface area (Å²) in [7, 11) is -3.53. The van der Waals surface area contributed by atoms with Gasteiger partial charge in [0.25, 0.3) is 5.91 Å². The number of hydrogen-bond donors (Lipinski definition) is 1. The smallest absolute Gasteiger partial charge is 0.398 e. The molecule has 0 bridgehead atoms. The molecule has 0 fully saturated rings. The third-order valence-corrected chi connectivity index (χ3v) is 5.89. The quantitative estimate of drug-likeness (QED) is 0.475. The van der Waals surface area contributed by atoms with Crippen LogP contribution in [0.2, 0.25) is 0 Å². The summed E-state index contributed by atoms with van der Waals surface area (Å²) in [6.07, 6.45) is 1.22. The van der Waals surface area contributed by atoms with Crippen molar-refractivity contribution in [3.8, 4) is 11.6 Å². The Balaban J connectivity index is 1.69. The monoisotopic (exact) mass is 412 g/mol. The van der Waals surface area contributed by atoms with Gasteiger partial charge in [0, 0.05) is 12.6 Å². The van der Waals surface area contributed by atoms with Crippen molar-refractivity contribution in [1.82, 2.24) is 5.32 Å². The van der Waals surface area contributed by atoms with E-state index in [0.29, 0.717) is 10.5 Å². The topological polar surface area (TPSA) is 99.4 Å². The normalized spacial score (nSPS) is 11.1. The lowest BCUT2D eigenvalue weighted by Crippen LogP contribution is -2.34. The fourth-order valence-corrected chi connectivity index (χ4v) is 3.76. The molecule has 1 N–H and O–H groups in total. The molecule has 7 nitrogen and oxygen atoms in total. The number of amides is 1. The van der Waals surface area contributed by atoms with Crippen molar-refractivity contribution in [2.45, 2.75) is 11.8 Å². The Hall–Kier alpha value is -3.39. The number of carbonyl (C=O) groups excluding carboxylic acids is 1. The summed E-state index contributed by atoms with van der Waals surface area (Å²) < 4.78 is 30.8. The molecule has 0 aliphatic rings. The van der Waals surface area contributed by atoms with Crippen molar-refractivity contribution in [3.63, 3.8) is 0 Å². The first-order valence-electron chi connectivity index (χ1n) is 8.89. The SMILES string of the molecule is Cc1ccc(S(=O)(=O)CCNC(=O)c2ccc[n+]([O-])c2Oc2ccccc2)cc1. The Morgan fingerprint density at radius 1 is 1.03 bits per heavy atom. The zero-order valence-corrected chi connectivity index (χ0v) is 16.6. The molecule has 0 aliphatic heterocycles. The fraction of sp³-hybridized carbons (Fsp3) is 0.143. The molecule has 0 radical (unpaired) electrons. The van der Waals surface area contributed by atoms with Crippen molar-refractivity contribution in [1.29, 1.82) is 0 Å². The second kappa shape index (κ2) is 8.74. The van der Waals surface area contributed by atoms with Crippen molar-refractivity contribution in [2.75, 3.05) is 12.3 Å². The summed E-state index contributed by atoms with van der Waals surface area (Å²) in [4.78, 5) is 12.7. The predicted molar refractivity (Wildman–Crippen MR) is 107 cm³/mol. The lowest BCUT2D eigenvalue weighted by atomic mass is 10.2. The highest BCUT2D eigenvalue weighted by Gasteiger charge is 2.22. The van der Waals surface area contributed by atoms with E-state index in [-0.39, 0.29) is 28.6 Å². The maximum absolute atomic E-state index is 12.5. The molecule has 29 heavy (non-hydrogen) atoms. The van der Waals surface area contributed by atoms with Crippen LogP contribution >= 0.6 is 0 Å². The molecule has 0 atom stereocenters. The highest BCUT2D eigenvalue weighted by atomic mass is 32.2. The average molecular weight is 412 g/mol. The van der Waals surface area contributed by atoms with Gasteiger partial charge in [-0.1, -0.05) is 35.9 Å². The maximum Gasteiger partial charge on any atom is 0.398 e. The first kappa shape index (κ1) is 20.3. The molecular formula is C21H20N2O5S. The van der Waals surface area contributed by atoms with Crippen LogP contribution < -0.4 is 14.8 Å². The number of carbonyl (C=O) groups is 1. The molecule has 3 rings (SSSR count). The van der Waals surface area contributed by atoms with Gasteiger partial charge in [-0.15, -0.1) is 4.73 Å². The van der Waals surface area contributed by atoms with Crippen molar-refractivity contribution in [2.24, 2.45) is 0 Å². The Kier molecular flexibility index (Phi) is 6.13. The minimum atomic E-state index is -3.53. The first-order chi connectivity index (χ1) is 13.9. The molecule has 0 unspecified atom stereocenters. The van der Waals surface area contributed by atoms with E-state index in [1.165, 1.54) is 30.5 Å². The summed E-state index contributed by atoms with van der Waals surface area (Å²) in [6.45, 7) is 1.77. The second-order valence-electron chi connectivity index (χ2n) is 6.36. The molecule has 2 aromatic carbocycles. The van der Waals surface area contributed by atoms with Gasteiger partial charge in [0.15, 0.2) is 21.6 Å². The number of nitrogens with zero attached hydrogens (tertiary/aromatic N) is 1. The number of para-hydroxylation sites is 1. The van der Waals surface area contributed by atoms with Crippen LogP contribution in [0.15, 0.2) is 77.8 Å². The van der Waals surface area contributed by atoms with Crippen LogP contribution in [0, 0.1) is 12.1 Å². The van der Waals surface area contributed by atoms with Crippen LogP contribution in [0.3, 0.4) is 0 Å². The van der Waals surface area contributed by atoms with Gasteiger partial charge in [-0.2, -0.15) is 0 Å². The number of pyridine rings is 1. The van der Waals surface area contributed by atoms with E-state index < -0.39 is 15.7 Å². The number of benzene rings is 2. The molecular weight excluding hydrogens is 392 g/mol. The Bertz CT molecular complexity index is 1100. The Morgan fingerprint density at radius 3 is 2.41 bits per heavy atom. The molecule has 8 heteroatoms. The van der Waals surface area contributed by atoms with Crippen LogP contribution in [0.1, 0.15) is 15.9 Å². The van der Waals surface area contributed by atoms with Gasteiger partial charge in [0.1, 0.15) is 5.75 Å². The lowest BCUT2D eigenvalue weighted by molar-refractivity contribution is -0.611. The van der Waals surface area contributed by atoms with Crippen LogP contribution in [-0.2, 0) is 9.84 Å². The number of aromatic nitrogens is 1. The van der Waals surface area contributed by atoms with Gasteiger partial charge in [0.2, 0.25) is 0 Å². The van der Waals surface area contributed by atoms with Crippen molar-refractivity contribution in [3.05, 3.63) is 89.3 Å². The van der Waals surface area contributed by atoms with Gasteiger partial charge in [-0.25, -0.2) is 8.42 Å². The van der Waals surface area contributed by atoms with Crippen LogP contribution in [0.5, 0.6) is 11.6 Å². The number of nitrogens with one attached hydrogen (secondary N) is 1. The molecule has 0 aliphatic carbocycles. The van der Waals surface area contributed by atoms with Gasteiger partial charge >= 0.3 is 5.88 Å². The standard InChI is InChI=1S/C21H20N2O5S/c1-16-9-11-18(12-10-16)29(26,27)15-13-22-20(24)19-8-5-14-23(25)21(19)28-17-6-3-2-4-7-17/h2-12,14H,13,15H2,1H3,(H,22,24). The predicted octanol–water partition coefficient (Wildman–Crippen LogP) is 2.62. The van der Waals surface area contributed by atoms with Gasteiger partial charge in [-0.05, 0) is 37.3 Å². The number of rotatable bonds is 7. The number of aryl methyl sites for hydroxylation is 1. The minimum Gasteiger partial charge on any atom is -0.616 e. The maximum atomic E-state index is 12.5. The summed E-state index contributed by atoms with van der Waals surface area (Å²) in [6, 6.07) is 18.0. The summed E-state index contributed by atoms with van der Waals surface area (Å²) in [5, 5.41) is 14.6. The largest absolute Gasteiger partial charge is 0.616 e. The third kappa shape index (κ3) is 5.11. The number of hydrogen-bond acceptors (Lipinski definition) is 5. The Morgan fingerprint density at radius 2 is 1.72 bits per heavy atom. The highest BCUT2D eigenvalue weighted by Crippen LogP contribution is 2.21. The van der Waals surface area contributed by atoms with E-state index in [2.05, 4.69) is 5.32 Å². The van der Waals surface area contributed by atoms with Crippen LogP contribution in [-0.4, -0.2) is 26.6 Å². The van der Waals surface area contributed by atoms with E-state index in [9.17, 15) is 18.4 Å². The Labute approximate surface area is 169 Å². The fourth-order valence-electron chi connectivity index (χ4n) is 2.61. The number of sulfone groups is 1. The molecule has 0 saturated carbocycles. The van der Waals surface area contributed by atoms with Crippen molar-refractivity contribution < 1.29 is 22.7 Å². The van der Waals surface area contributed by atoms with E-state index in [0.717, 1.165) is 5.56 Å². The second-order valence-corrected chi connectivity index (χ2v) is 8.46. The summed E-state index contributed by atoms with van der Waals surface area (Å²) >= 11 is 0. The first-order valence-corrected chi connectivity index (χ1v) is 10.5. The highest BCUT2D eigenvalue weighted by molar-refractivity contribution is 7.91. The molecule has 0 spiro atoms. The number of ether oxygens (including phenoxy) is 1. The molecule has 1 heterocycles. The minimum absolute atomic E-state index is 0.0130. The molecule has 1 aromatic heterocycles.